The molecule has 0 radical (unpaired) electrons. The molecule has 1 aliphatic rings. The van der Waals surface area contributed by atoms with E-state index in [1.807, 2.05) is 11.3 Å². The zero-order valence-electron chi connectivity index (χ0n) is 31.0. The zero-order valence-corrected chi connectivity index (χ0v) is 31.8. The van der Waals surface area contributed by atoms with E-state index in [9.17, 15) is 0 Å². The minimum atomic E-state index is -0.112. The highest BCUT2D eigenvalue weighted by molar-refractivity contribution is 7.26. The molecule has 0 bridgehead atoms. The molecular weight excluding hydrogens is 699 g/mol. The van der Waals surface area contributed by atoms with E-state index in [-0.39, 0.29) is 5.41 Å². The molecule has 0 aliphatic heterocycles. The second-order valence-electron chi connectivity index (χ2n) is 15.7. The van der Waals surface area contributed by atoms with Crippen LogP contribution < -0.4 is 4.90 Å². The maximum Gasteiger partial charge on any atom is 0.143 e. The second-order valence-corrected chi connectivity index (χ2v) is 16.8. The largest absolute Gasteiger partial charge is 0.455 e. The van der Waals surface area contributed by atoms with Crippen LogP contribution in [0.25, 0.3) is 85.9 Å². The third-order valence-corrected chi connectivity index (χ3v) is 13.4. The SMILES string of the molecule is CC1(C)c2ccccc2-c2ccc(N(c3ccc(-c4ccc5ccccc5c4)cc3)c3ccc4sc5ccc6oc7c8ccccc8ccc7c6c5c4c3)cc21. The summed E-state index contributed by atoms with van der Waals surface area (Å²) in [6.07, 6.45) is 0. The van der Waals surface area contributed by atoms with Gasteiger partial charge in [0.1, 0.15) is 11.2 Å². The lowest BCUT2D eigenvalue weighted by Gasteiger charge is -2.28. The molecule has 0 saturated heterocycles. The highest BCUT2D eigenvalue weighted by Crippen LogP contribution is 2.51. The Labute approximate surface area is 328 Å². The molecule has 0 amide bonds. The number of rotatable bonds is 4. The van der Waals surface area contributed by atoms with Crippen LogP contribution in [0.4, 0.5) is 17.1 Å². The first-order valence-corrected chi connectivity index (χ1v) is 20.1. The Morgan fingerprint density at radius 1 is 0.446 bits per heavy atom. The van der Waals surface area contributed by atoms with Gasteiger partial charge >= 0.3 is 0 Å². The summed E-state index contributed by atoms with van der Waals surface area (Å²) >= 11 is 1.85. The first-order chi connectivity index (χ1) is 27.5. The maximum atomic E-state index is 6.66. The van der Waals surface area contributed by atoms with Crippen molar-refractivity contribution in [3.63, 3.8) is 0 Å². The number of fused-ring (bicyclic) bond motifs is 13. The van der Waals surface area contributed by atoms with Crippen molar-refractivity contribution in [3.05, 3.63) is 187 Å². The van der Waals surface area contributed by atoms with Gasteiger partial charge in [0.05, 0.1) is 0 Å². The fraction of sp³-hybridized carbons (Fsp3) is 0.0566. The molecule has 12 rings (SSSR count). The molecule has 1 aliphatic carbocycles. The van der Waals surface area contributed by atoms with Crippen LogP contribution in [-0.4, -0.2) is 0 Å². The molecule has 0 unspecified atom stereocenters. The smallest absolute Gasteiger partial charge is 0.143 e. The molecule has 0 saturated carbocycles. The number of nitrogens with zero attached hydrogens (tertiary/aromatic N) is 1. The van der Waals surface area contributed by atoms with Gasteiger partial charge in [0.25, 0.3) is 0 Å². The average molecular weight is 734 g/mol. The van der Waals surface area contributed by atoms with Crippen LogP contribution in [0.2, 0.25) is 0 Å². The first kappa shape index (κ1) is 31.6. The van der Waals surface area contributed by atoms with Crippen LogP contribution >= 0.6 is 11.3 Å². The van der Waals surface area contributed by atoms with E-state index in [4.69, 9.17) is 4.42 Å². The summed E-state index contributed by atoms with van der Waals surface area (Å²) in [7, 11) is 0. The summed E-state index contributed by atoms with van der Waals surface area (Å²) in [5.74, 6) is 0. The van der Waals surface area contributed by atoms with Gasteiger partial charge in [0.2, 0.25) is 0 Å². The molecule has 3 heteroatoms. The molecule has 264 valence electrons. The molecule has 11 aromatic rings. The molecule has 2 heterocycles. The Hall–Kier alpha value is -6.68. The van der Waals surface area contributed by atoms with E-state index in [2.05, 4.69) is 195 Å². The second kappa shape index (κ2) is 11.7. The zero-order chi connectivity index (χ0) is 37.1. The van der Waals surface area contributed by atoms with Gasteiger partial charge in [-0.25, -0.2) is 0 Å². The molecule has 0 atom stereocenters. The fourth-order valence-electron chi connectivity index (χ4n) is 9.44. The molecule has 0 N–H and O–H groups in total. The van der Waals surface area contributed by atoms with Gasteiger partial charge < -0.3 is 9.32 Å². The van der Waals surface area contributed by atoms with E-state index in [1.54, 1.807) is 0 Å². The minimum Gasteiger partial charge on any atom is -0.455 e. The number of hydrogen-bond acceptors (Lipinski definition) is 3. The highest BCUT2D eigenvalue weighted by Gasteiger charge is 2.35. The number of thiophene rings is 1. The molecule has 0 fully saturated rings. The third-order valence-electron chi connectivity index (χ3n) is 12.2. The quantitative estimate of drug-likeness (QED) is 0.179. The normalized spacial score (nSPS) is 13.3. The summed E-state index contributed by atoms with van der Waals surface area (Å²) < 4.78 is 9.20. The standard InChI is InChI=1S/C53H35NOS/c1-53(2)45-14-8-7-13-41(45)42-25-22-39(31-46(42)53)54(37-20-17-33(18-21-37)36-16-15-32-9-3-4-11-35(32)29-36)38-23-27-48-44(30-38)51-49(56-48)28-26-47-50(51)43-24-19-34-10-5-6-12-40(34)52(43)55-47/h3-31H,1-2H3. The summed E-state index contributed by atoms with van der Waals surface area (Å²) in [5, 5.41) is 9.70. The van der Waals surface area contributed by atoms with E-state index < -0.39 is 0 Å². The van der Waals surface area contributed by atoms with Crippen LogP contribution in [0.15, 0.2) is 180 Å². The lowest BCUT2D eigenvalue weighted by atomic mass is 9.82. The molecule has 56 heavy (non-hydrogen) atoms. The molecular formula is C53H35NOS. The van der Waals surface area contributed by atoms with Gasteiger partial charge in [-0.3, -0.25) is 0 Å². The van der Waals surface area contributed by atoms with Crippen molar-refractivity contribution in [3.8, 4) is 22.3 Å². The number of furan rings is 1. The molecule has 2 nitrogen and oxygen atoms in total. The number of hydrogen-bond donors (Lipinski definition) is 0. The predicted molar refractivity (Wildman–Crippen MR) is 239 cm³/mol. The predicted octanol–water partition coefficient (Wildman–Crippen LogP) is 15.7. The topological polar surface area (TPSA) is 16.4 Å². The van der Waals surface area contributed by atoms with Crippen LogP contribution in [-0.2, 0) is 5.41 Å². The van der Waals surface area contributed by atoms with E-state index in [0.29, 0.717) is 0 Å². The molecule has 2 aromatic heterocycles. The van der Waals surface area contributed by atoms with Crippen molar-refractivity contribution in [2.75, 3.05) is 4.90 Å². The number of benzene rings is 9. The van der Waals surface area contributed by atoms with Crippen LogP contribution in [0.3, 0.4) is 0 Å². The van der Waals surface area contributed by atoms with E-state index in [1.165, 1.54) is 75.1 Å². The van der Waals surface area contributed by atoms with Crippen molar-refractivity contribution in [1.82, 2.24) is 0 Å². The van der Waals surface area contributed by atoms with Gasteiger partial charge in [-0.2, -0.15) is 0 Å². The fourth-order valence-corrected chi connectivity index (χ4v) is 10.5. The highest BCUT2D eigenvalue weighted by atomic mass is 32.1. The Balaban J connectivity index is 1.06. The third kappa shape index (κ3) is 4.55. The van der Waals surface area contributed by atoms with Crippen molar-refractivity contribution in [2.24, 2.45) is 0 Å². The number of anilines is 3. The Kier molecular flexibility index (Phi) is 6.59. The van der Waals surface area contributed by atoms with Gasteiger partial charge in [-0.05, 0) is 116 Å². The minimum absolute atomic E-state index is 0.112. The van der Waals surface area contributed by atoms with Crippen LogP contribution in [0.1, 0.15) is 25.0 Å². The summed E-state index contributed by atoms with van der Waals surface area (Å²) in [6.45, 7) is 4.72. The molecule has 0 spiro atoms. The molecule has 9 aromatic carbocycles. The average Bonchev–Trinajstić information content (AvgIpc) is 3.88. The lowest BCUT2D eigenvalue weighted by molar-refractivity contribution is 0.660. The summed E-state index contributed by atoms with van der Waals surface area (Å²) in [4.78, 5) is 2.44. The van der Waals surface area contributed by atoms with E-state index in [0.717, 1.165) is 39.0 Å². The van der Waals surface area contributed by atoms with Crippen molar-refractivity contribution < 1.29 is 4.42 Å². The Morgan fingerprint density at radius 2 is 1.12 bits per heavy atom. The van der Waals surface area contributed by atoms with Crippen LogP contribution in [0.5, 0.6) is 0 Å². The van der Waals surface area contributed by atoms with Gasteiger partial charge in [-0.15, -0.1) is 11.3 Å². The lowest BCUT2D eigenvalue weighted by Crippen LogP contribution is -2.16. The summed E-state index contributed by atoms with van der Waals surface area (Å²) in [6, 6.07) is 64.7. The van der Waals surface area contributed by atoms with Gasteiger partial charge in [-0.1, -0.05) is 123 Å². The Bertz CT molecular complexity index is 3400. The van der Waals surface area contributed by atoms with Crippen molar-refractivity contribution in [2.45, 2.75) is 19.3 Å². The van der Waals surface area contributed by atoms with Crippen LogP contribution in [0, 0.1) is 0 Å². The monoisotopic (exact) mass is 733 g/mol. The van der Waals surface area contributed by atoms with Crippen molar-refractivity contribution in [1.29, 1.82) is 0 Å². The Morgan fingerprint density at radius 3 is 2.02 bits per heavy atom. The van der Waals surface area contributed by atoms with Gasteiger partial charge in [0.15, 0.2) is 0 Å². The van der Waals surface area contributed by atoms with Crippen molar-refractivity contribution >= 4 is 92.1 Å². The van der Waals surface area contributed by atoms with E-state index >= 15 is 0 Å². The van der Waals surface area contributed by atoms with Gasteiger partial charge in [0, 0.05) is 58.8 Å². The summed E-state index contributed by atoms with van der Waals surface area (Å²) in [5.41, 5.74) is 13.0. The maximum absolute atomic E-state index is 6.66. The first-order valence-electron chi connectivity index (χ1n) is 19.3.